The van der Waals surface area contributed by atoms with Gasteiger partial charge >= 0.3 is 0 Å². The van der Waals surface area contributed by atoms with E-state index in [0.29, 0.717) is 5.56 Å². The Balaban J connectivity index is 2.61. The quantitative estimate of drug-likeness (QED) is 0.630. The molecule has 2 N–H and O–H groups in total. The van der Waals surface area contributed by atoms with Crippen molar-refractivity contribution in [1.82, 2.24) is 0 Å². The van der Waals surface area contributed by atoms with E-state index in [-0.39, 0.29) is 5.91 Å². The first-order chi connectivity index (χ1) is 8.27. The van der Waals surface area contributed by atoms with E-state index < -0.39 is 0 Å². The fourth-order valence-corrected chi connectivity index (χ4v) is 2.28. The Morgan fingerprint density at radius 2 is 1.29 bits per heavy atom. The van der Waals surface area contributed by atoms with Gasteiger partial charge in [-0.15, -0.1) is 0 Å². The van der Waals surface area contributed by atoms with Crippen LogP contribution in [0, 0.1) is 0 Å². The summed E-state index contributed by atoms with van der Waals surface area (Å²) in [7, 11) is 0. The minimum absolute atomic E-state index is 0.377. The summed E-state index contributed by atoms with van der Waals surface area (Å²) in [6.07, 6.45) is 0. The Labute approximate surface area is 98.7 Å². The number of carbonyl (C=O) groups excluding carboxylic acids is 1. The highest BCUT2D eigenvalue weighted by molar-refractivity contribution is 6.17. The summed E-state index contributed by atoms with van der Waals surface area (Å²) in [5, 5.41) is 3.91. The first-order valence-corrected chi connectivity index (χ1v) is 5.47. The van der Waals surface area contributed by atoms with Crippen LogP contribution in [-0.4, -0.2) is 5.91 Å². The van der Waals surface area contributed by atoms with Crippen LogP contribution in [0.3, 0.4) is 0 Å². The topological polar surface area (TPSA) is 43.1 Å². The van der Waals surface area contributed by atoms with Gasteiger partial charge in [0, 0.05) is 0 Å². The molecule has 0 radical (unpaired) electrons. The second-order valence-corrected chi connectivity index (χ2v) is 4.06. The highest BCUT2D eigenvalue weighted by atomic mass is 16.1. The van der Waals surface area contributed by atoms with Crippen LogP contribution >= 0.6 is 0 Å². The van der Waals surface area contributed by atoms with Crippen molar-refractivity contribution < 1.29 is 4.79 Å². The molecule has 82 valence electrons. The van der Waals surface area contributed by atoms with E-state index in [4.69, 9.17) is 5.73 Å². The normalized spacial score (nSPS) is 10.8. The molecule has 0 aliphatic rings. The van der Waals surface area contributed by atoms with Crippen molar-refractivity contribution >= 4 is 27.5 Å². The molecular formula is C15H11NO. The van der Waals surface area contributed by atoms with Crippen LogP contribution in [0.5, 0.6) is 0 Å². The Kier molecular flexibility index (Phi) is 2.08. The fraction of sp³-hybridized carbons (Fsp3) is 0. The lowest BCUT2D eigenvalue weighted by Crippen LogP contribution is -2.12. The summed E-state index contributed by atoms with van der Waals surface area (Å²) in [4.78, 5) is 11.7. The van der Waals surface area contributed by atoms with E-state index in [1.165, 1.54) is 0 Å². The number of fused-ring (bicyclic) bond motifs is 2. The molecule has 3 rings (SSSR count). The van der Waals surface area contributed by atoms with Crippen molar-refractivity contribution in [3.05, 3.63) is 60.2 Å². The Morgan fingerprint density at radius 1 is 0.824 bits per heavy atom. The summed E-state index contributed by atoms with van der Waals surface area (Å²) in [6, 6.07) is 17.7. The number of rotatable bonds is 1. The third kappa shape index (κ3) is 1.46. The Hall–Kier alpha value is -2.35. The monoisotopic (exact) mass is 221 g/mol. The molecule has 0 bridgehead atoms. The average molecular weight is 221 g/mol. The first kappa shape index (κ1) is 9.85. The lowest BCUT2D eigenvalue weighted by atomic mass is 9.96. The Morgan fingerprint density at radius 3 is 1.76 bits per heavy atom. The minimum atomic E-state index is -0.377. The number of nitrogens with two attached hydrogens (primary N) is 1. The van der Waals surface area contributed by atoms with Crippen molar-refractivity contribution in [1.29, 1.82) is 0 Å². The van der Waals surface area contributed by atoms with Gasteiger partial charge in [-0.3, -0.25) is 4.79 Å². The van der Waals surface area contributed by atoms with Crippen molar-refractivity contribution in [3.8, 4) is 0 Å². The molecule has 0 fully saturated rings. The predicted octanol–water partition coefficient (Wildman–Crippen LogP) is 3.09. The molecule has 0 unspecified atom stereocenters. The third-order valence-electron chi connectivity index (χ3n) is 3.02. The van der Waals surface area contributed by atoms with Crippen LogP contribution < -0.4 is 5.73 Å². The van der Waals surface area contributed by atoms with E-state index in [0.717, 1.165) is 21.5 Å². The van der Waals surface area contributed by atoms with E-state index in [1.54, 1.807) is 0 Å². The molecule has 3 aromatic carbocycles. The van der Waals surface area contributed by atoms with Gasteiger partial charge in [0.1, 0.15) is 0 Å². The zero-order valence-electron chi connectivity index (χ0n) is 9.18. The average Bonchev–Trinajstić information content (AvgIpc) is 2.35. The molecule has 2 heteroatoms. The van der Waals surface area contributed by atoms with Crippen molar-refractivity contribution in [3.63, 3.8) is 0 Å². The summed E-state index contributed by atoms with van der Waals surface area (Å²) in [5.41, 5.74) is 6.12. The molecule has 0 atom stereocenters. The molecule has 0 saturated carbocycles. The lowest BCUT2D eigenvalue weighted by molar-refractivity contribution is 0.100. The molecule has 0 saturated heterocycles. The number of carbonyl (C=O) groups is 1. The van der Waals surface area contributed by atoms with Gasteiger partial charge in [-0.25, -0.2) is 0 Å². The van der Waals surface area contributed by atoms with E-state index >= 15 is 0 Å². The number of hydrogen-bond donors (Lipinski definition) is 1. The molecule has 2 nitrogen and oxygen atoms in total. The van der Waals surface area contributed by atoms with Gasteiger partial charge in [0.2, 0.25) is 5.91 Å². The van der Waals surface area contributed by atoms with Crippen LogP contribution in [-0.2, 0) is 0 Å². The smallest absolute Gasteiger partial charge is 0.249 e. The van der Waals surface area contributed by atoms with Gasteiger partial charge in [0.25, 0.3) is 0 Å². The van der Waals surface area contributed by atoms with Gasteiger partial charge in [0.15, 0.2) is 0 Å². The molecular weight excluding hydrogens is 210 g/mol. The first-order valence-electron chi connectivity index (χ1n) is 5.47. The summed E-state index contributed by atoms with van der Waals surface area (Å²) in [6.45, 7) is 0. The van der Waals surface area contributed by atoms with Gasteiger partial charge in [-0.1, -0.05) is 48.5 Å². The molecule has 0 spiro atoms. The molecule has 0 aromatic heterocycles. The molecule has 0 heterocycles. The zero-order chi connectivity index (χ0) is 11.8. The van der Waals surface area contributed by atoms with Crippen LogP contribution in [0.4, 0.5) is 0 Å². The highest BCUT2D eigenvalue weighted by Gasteiger charge is 2.11. The lowest BCUT2D eigenvalue weighted by Gasteiger charge is -2.08. The largest absolute Gasteiger partial charge is 0.366 e. The van der Waals surface area contributed by atoms with E-state index in [9.17, 15) is 4.79 Å². The number of hydrogen-bond acceptors (Lipinski definition) is 1. The van der Waals surface area contributed by atoms with Gasteiger partial charge in [-0.05, 0) is 27.6 Å². The maximum Gasteiger partial charge on any atom is 0.249 e. The van der Waals surface area contributed by atoms with Crippen molar-refractivity contribution in [2.75, 3.05) is 0 Å². The van der Waals surface area contributed by atoms with Crippen LogP contribution in [0.2, 0.25) is 0 Å². The van der Waals surface area contributed by atoms with Crippen molar-refractivity contribution in [2.45, 2.75) is 0 Å². The SMILES string of the molecule is NC(=O)c1c2ccccc2cc2ccccc12. The third-order valence-corrected chi connectivity index (χ3v) is 3.02. The highest BCUT2D eigenvalue weighted by Crippen LogP contribution is 2.27. The number of amides is 1. The number of benzene rings is 3. The van der Waals surface area contributed by atoms with Gasteiger partial charge < -0.3 is 5.73 Å². The van der Waals surface area contributed by atoms with Crippen LogP contribution in [0.1, 0.15) is 10.4 Å². The maximum absolute atomic E-state index is 11.7. The Bertz CT molecular complexity index is 677. The van der Waals surface area contributed by atoms with Gasteiger partial charge in [-0.2, -0.15) is 0 Å². The molecule has 0 aliphatic carbocycles. The van der Waals surface area contributed by atoms with Crippen molar-refractivity contribution in [2.24, 2.45) is 5.73 Å². The minimum Gasteiger partial charge on any atom is -0.366 e. The second-order valence-electron chi connectivity index (χ2n) is 4.06. The number of primary amides is 1. The predicted molar refractivity (Wildman–Crippen MR) is 70.0 cm³/mol. The molecule has 3 aromatic rings. The summed E-state index contributed by atoms with van der Waals surface area (Å²) < 4.78 is 0. The fourth-order valence-electron chi connectivity index (χ4n) is 2.28. The van der Waals surface area contributed by atoms with E-state index in [2.05, 4.69) is 6.07 Å². The molecule has 17 heavy (non-hydrogen) atoms. The second kappa shape index (κ2) is 3.59. The summed E-state index contributed by atoms with van der Waals surface area (Å²) in [5.74, 6) is -0.377. The van der Waals surface area contributed by atoms with Crippen LogP contribution in [0.15, 0.2) is 54.6 Å². The van der Waals surface area contributed by atoms with Crippen LogP contribution in [0.25, 0.3) is 21.5 Å². The zero-order valence-corrected chi connectivity index (χ0v) is 9.18. The summed E-state index contributed by atoms with van der Waals surface area (Å²) >= 11 is 0. The van der Waals surface area contributed by atoms with E-state index in [1.807, 2.05) is 48.5 Å². The standard InChI is InChI=1S/C15H11NO/c16-15(17)14-12-7-3-1-5-10(12)9-11-6-2-4-8-13(11)14/h1-9H,(H2,16,17). The van der Waals surface area contributed by atoms with Gasteiger partial charge in [0.05, 0.1) is 5.56 Å². The maximum atomic E-state index is 11.7. The molecule has 1 amide bonds. The molecule has 0 aliphatic heterocycles.